The van der Waals surface area contributed by atoms with E-state index < -0.39 is 0 Å². The highest BCUT2D eigenvalue weighted by atomic mass is 127. The molecule has 0 N–H and O–H groups in total. The van der Waals surface area contributed by atoms with Crippen molar-refractivity contribution in [3.8, 4) is 0 Å². The summed E-state index contributed by atoms with van der Waals surface area (Å²) in [4.78, 5) is 1.45. The third-order valence-electron chi connectivity index (χ3n) is 4.68. The van der Waals surface area contributed by atoms with E-state index >= 15 is 0 Å². The summed E-state index contributed by atoms with van der Waals surface area (Å²) in [6, 6.07) is 18.0. The molecule has 0 unspecified atom stereocenters. The van der Waals surface area contributed by atoms with E-state index in [9.17, 15) is 0 Å². The molecule has 3 heteroatoms. The summed E-state index contributed by atoms with van der Waals surface area (Å²) in [6.45, 7) is 0. The Bertz CT molecular complexity index is 676. The van der Waals surface area contributed by atoms with E-state index in [-0.39, 0.29) is 24.0 Å². The van der Waals surface area contributed by atoms with Gasteiger partial charge in [0, 0.05) is 23.5 Å². The Kier molecular flexibility index (Phi) is 5.81. The van der Waals surface area contributed by atoms with Crippen molar-refractivity contribution in [2.24, 2.45) is 0 Å². The molecule has 4 rings (SSSR count). The van der Waals surface area contributed by atoms with Crippen molar-refractivity contribution in [3.05, 3.63) is 70.8 Å². The van der Waals surface area contributed by atoms with Crippen molar-refractivity contribution in [1.29, 1.82) is 0 Å². The third-order valence-corrected chi connectivity index (χ3v) is 7.61. The van der Waals surface area contributed by atoms with Crippen molar-refractivity contribution in [1.82, 2.24) is 0 Å². The molecule has 2 aromatic carbocycles. The van der Waals surface area contributed by atoms with Crippen molar-refractivity contribution >= 4 is 28.2 Å². The molecule has 2 heterocycles. The topological polar surface area (TPSA) is 0 Å². The van der Waals surface area contributed by atoms with Crippen molar-refractivity contribution in [3.63, 3.8) is 0 Å². The second-order valence-electron chi connectivity index (χ2n) is 6.11. The molecular formula is C20H21IS2. The van der Waals surface area contributed by atoms with Crippen LogP contribution in [0.2, 0.25) is 0 Å². The summed E-state index contributed by atoms with van der Waals surface area (Å²) in [5.41, 5.74) is 7.67. The van der Waals surface area contributed by atoms with Gasteiger partial charge in [-0.2, -0.15) is 0 Å². The number of halogens is 1. The van der Waals surface area contributed by atoms with Crippen LogP contribution in [0.1, 0.15) is 29.5 Å². The molecule has 0 atom stereocenters. The lowest BCUT2D eigenvalue weighted by molar-refractivity contribution is -0.00000433. The molecule has 0 spiro atoms. The van der Waals surface area contributed by atoms with E-state index in [1.165, 1.54) is 45.9 Å². The first-order chi connectivity index (χ1) is 10.8. The van der Waals surface area contributed by atoms with Crippen LogP contribution in [0.15, 0.2) is 59.0 Å². The van der Waals surface area contributed by atoms with Gasteiger partial charge in [-0.25, -0.2) is 0 Å². The molecule has 0 bridgehead atoms. The summed E-state index contributed by atoms with van der Waals surface area (Å²) in [5.74, 6) is 3.83. The van der Waals surface area contributed by atoms with Gasteiger partial charge in [0.05, 0.1) is 6.26 Å². The molecule has 0 aliphatic carbocycles. The van der Waals surface area contributed by atoms with E-state index in [2.05, 4.69) is 54.8 Å². The van der Waals surface area contributed by atoms with Crippen LogP contribution < -0.4 is 24.0 Å². The van der Waals surface area contributed by atoms with Gasteiger partial charge in [-0.15, -0.1) is 11.8 Å². The normalized spacial score (nSPS) is 20.1. The summed E-state index contributed by atoms with van der Waals surface area (Å²) >= 11 is 1.99. The van der Waals surface area contributed by atoms with Gasteiger partial charge >= 0.3 is 0 Å². The van der Waals surface area contributed by atoms with E-state index in [4.69, 9.17) is 0 Å². The summed E-state index contributed by atoms with van der Waals surface area (Å²) in [6.07, 6.45) is 4.98. The van der Waals surface area contributed by atoms with Crippen molar-refractivity contribution in [2.75, 3.05) is 17.8 Å². The average molecular weight is 452 g/mol. The number of rotatable bonds is 0. The maximum absolute atomic E-state index is 2.42. The zero-order valence-electron chi connectivity index (χ0n) is 13.3. The predicted octanol–water partition coefficient (Wildman–Crippen LogP) is 2.14. The molecule has 2 aromatic rings. The van der Waals surface area contributed by atoms with Gasteiger partial charge in [-0.1, -0.05) is 48.0 Å². The van der Waals surface area contributed by atoms with Crippen LogP contribution in [0, 0.1) is 0 Å². The Balaban J connectivity index is 0.00000156. The van der Waals surface area contributed by atoms with E-state index in [1.807, 2.05) is 11.8 Å². The van der Waals surface area contributed by atoms with E-state index in [0.29, 0.717) is 10.9 Å². The number of hydrogen-bond donors (Lipinski definition) is 0. The van der Waals surface area contributed by atoms with Crippen molar-refractivity contribution < 1.29 is 24.0 Å². The summed E-state index contributed by atoms with van der Waals surface area (Å²) in [5, 5.41) is 0. The number of hydrogen-bond acceptors (Lipinski definition) is 1. The highest BCUT2D eigenvalue weighted by molar-refractivity contribution is 7.98. The quantitative estimate of drug-likeness (QED) is 0.436. The second-order valence-corrected chi connectivity index (χ2v) is 9.51. The van der Waals surface area contributed by atoms with Crippen LogP contribution in [0.4, 0.5) is 0 Å². The largest absolute Gasteiger partial charge is 1.00 e. The molecule has 1 fully saturated rings. The molecule has 0 radical (unpaired) electrons. The van der Waals surface area contributed by atoms with Gasteiger partial charge in [0.25, 0.3) is 0 Å². The minimum atomic E-state index is 0. The minimum Gasteiger partial charge on any atom is -1.00 e. The lowest BCUT2D eigenvalue weighted by Crippen LogP contribution is -3.00. The fraction of sp³-hybridized carbons (Fsp3) is 0.300. The Hall–Kier alpha value is -0.390. The molecule has 0 saturated carbocycles. The Labute approximate surface area is 163 Å². The van der Waals surface area contributed by atoms with E-state index in [0.717, 1.165) is 5.75 Å². The van der Waals surface area contributed by atoms with Crippen LogP contribution in [-0.4, -0.2) is 17.8 Å². The predicted molar refractivity (Wildman–Crippen MR) is 101 cm³/mol. The summed E-state index contributed by atoms with van der Waals surface area (Å²) in [7, 11) is 0.625. The number of benzene rings is 2. The molecule has 120 valence electrons. The monoisotopic (exact) mass is 452 g/mol. The SMILES string of the molecule is C[S+]1CCC(=C2c3ccccc3CSc3ccccc32)CC1.[I-]. The van der Waals surface area contributed by atoms with Gasteiger partial charge < -0.3 is 24.0 Å². The van der Waals surface area contributed by atoms with Crippen LogP contribution in [-0.2, 0) is 16.6 Å². The fourth-order valence-electron chi connectivity index (χ4n) is 3.44. The van der Waals surface area contributed by atoms with Crippen LogP contribution in [0.5, 0.6) is 0 Å². The lowest BCUT2D eigenvalue weighted by Gasteiger charge is -2.21. The van der Waals surface area contributed by atoms with Gasteiger partial charge in [0.15, 0.2) is 0 Å². The number of thioether (sulfide) groups is 1. The Morgan fingerprint density at radius 1 is 0.870 bits per heavy atom. The standard InChI is InChI=1S/C20H21S2.HI/c1-22-12-10-15(11-13-22)20-17-7-3-2-6-16(17)14-21-19-9-5-4-8-18(19)20;/h2-9H,10-14H2,1H3;1H/q+1;/p-1. The molecule has 0 nitrogen and oxygen atoms in total. The first-order valence-electron chi connectivity index (χ1n) is 7.94. The first kappa shape index (κ1) is 17.4. The lowest BCUT2D eigenvalue weighted by atomic mass is 9.88. The fourth-order valence-corrected chi connectivity index (χ4v) is 5.90. The molecule has 2 aliphatic rings. The maximum atomic E-state index is 2.42. The maximum Gasteiger partial charge on any atom is 0.111 e. The molecule has 23 heavy (non-hydrogen) atoms. The van der Waals surface area contributed by atoms with E-state index in [1.54, 1.807) is 11.1 Å². The first-order valence-corrected chi connectivity index (χ1v) is 10.9. The van der Waals surface area contributed by atoms with Crippen LogP contribution in [0.3, 0.4) is 0 Å². The van der Waals surface area contributed by atoms with Gasteiger partial charge in [0.1, 0.15) is 11.5 Å². The van der Waals surface area contributed by atoms with Crippen molar-refractivity contribution in [2.45, 2.75) is 23.5 Å². The number of fused-ring (bicyclic) bond motifs is 2. The molecule has 0 amide bonds. The van der Waals surface area contributed by atoms with Gasteiger partial charge in [-0.3, -0.25) is 0 Å². The third kappa shape index (κ3) is 3.52. The highest BCUT2D eigenvalue weighted by Crippen LogP contribution is 2.43. The molecule has 2 aliphatic heterocycles. The Morgan fingerprint density at radius 2 is 1.52 bits per heavy atom. The van der Waals surface area contributed by atoms with Gasteiger partial charge in [0.2, 0.25) is 0 Å². The highest BCUT2D eigenvalue weighted by Gasteiger charge is 2.26. The van der Waals surface area contributed by atoms with Crippen LogP contribution in [0.25, 0.3) is 5.57 Å². The average Bonchev–Trinajstić information content (AvgIpc) is 2.73. The second kappa shape index (κ2) is 7.66. The smallest absolute Gasteiger partial charge is 0.111 e. The number of allylic oxidation sites excluding steroid dienone is 1. The molecule has 1 saturated heterocycles. The minimum absolute atomic E-state index is 0. The molecular weight excluding hydrogens is 431 g/mol. The van der Waals surface area contributed by atoms with Crippen LogP contribution >= 0.6 is 11.8 Å². The zero-order valence-corrected chi connectivity index (χ0v) is 17.1. The summed E-state index contributed by atoms with van der Waals surface area (Å²) < 4.78 is 0. The van der Waals surface area contributed by atoms with Gasteiger partial charge in [-0.05, 0) is 39.2 Å². The Morgan fingerprint density at radius 3 is 2.30 bits per heavy atom. The molecule has 0 aromatic heterocycles. The zero-order chi connectivity index (χ0) is 14.9.